The first-order chi connectivity index (χ1) is 4.93. The SMILES string of the molecule is Cl.N#CC/C=C/C1CCCN1. The van der Waals surface area contributed by atoms with Crippen LogP contribution < -0.4 is 5.32 Å². The second-order valence-corrected chi connectivity index (χ2v) is 2.49. The molecule has 1 fully saturated rings. The number of nitriles is 1. The maximum atomic E-state index is 8.22. The van der Waals surface area contributed by atoms with E-state index in [0.717, 1.165) is 6.54 Å². The number of halogens is 1. The van der Waals surface area contributed by atoms with Crippen LogP contribution in [0, 0.1) is 11.3 Å². The standard InChI is InChI=1S/C8H12N2.ClH/c9-6-2-1-4-8-5-3-7-10-8;/h1,4,8,10H,2-3,5,7H2;1H/b4-1+;. The van der Waals surface area contributed by atoms with Gasteiger partial charge in [0, 0.05) is 6.04 Å². The zero-order chi connectivity index (χ0) is 7.23. The monoisotopic (exact) mass is 172 g/mol. The van der Waals surface area contributed by atoms with Gasteiger partial charge in [0.05, 0.1) is 12.5 Å². The van der Waals surface area contributed by atoms with Gasteiger partial charge in [-0.3, -0.25) is 0 Å². The van der Waals surface area contributed by atoms with E-state index < -0.39 is 0 Å². The van der Waals surface area contributed by atoms with E-state index in [1.165, 1.54) is 12.8 Å². The highest BCUT2D eigenvalue weighted by molar-refractivity contribution is 5.85. The molecule has 1 aliphatic heterocycles. The molecule has 0 bridgehead atoms. The van der Waals surface area contributed by atoms with Crippen LogP contribution in [-0.4, -0.2) is 12.6 Å². The maximum Gasteiger partial charge on any atom is 0.0663 e. The minimum Gasteiger partial charge on any atom is -0.311 e. The summed E-state index contributed by atoms with van der Waals surface area (Å²) < 4.78 is 0. The normalized spacial score (nSPS) is 23.0. The van der Waals surface area contributed by atoms with E-state index in [-0.39, 0.29) is 12.4 Å². The lowest BCUT2D eigenvalue weighted by molar-refractivity contribution is 0.726. The first kappa shape index (κ1) is 10.5. The molecule has 11 heavy (non-hydrogen) atoms. The number of nitrogens with one attached hydrogen (secondary N) is 1. The van der Waals surface area contributed by atoms with Gasteiger partial charge in [-0.2, -0.15) is 5.26 Å². The Labute approximate surface area is 73.7 Å². The molecule has 1 unspecified atom stereocenters. The molecule has 0 aromatic carbocycles. The molecular weight excluding hydrogens is 160 g/mol. The minimum atomic E-state index is 0. The Balaban J connectivity index is 0.000001000. The van der Waals surface area contributed by atoms with Gasteiger partial charge < -0.3 is 5.32 Å². The molecule has 1 aliphatic rings. The summed E-state index contributed by atoms with van der Waals surface area (Å²) in [5.41, 5.74) is 0. The molecule has 1 heterocycles. The van der Waals surface area contributed by atoms with Gasteiger partial charge in [-0.1, -0.05) is 12.2 Å². The molecule has 1 saturated heterocycles. The lowest BCUT2D eigenvalue weighted by atomic mass is 10.2. The minimum absolute atomic E-state index is 0. The first-order valence-corrected chi connectivity index (χ1v) is 3.70. The molecule has 0 aliphatic carbocycles. The van der Waals surface area contributed by atoms with Gasteiger partial charge in [-0.15, -0.1) is 12.4 Å². The van der Waals surface area contributed by atoms with Crippen molar-refractivity contribution in [2.24, 2.45) is 0 Å². The molecule has 0 spiro atoms. The Morgan fingerprint density at radius 1 is 1.64 bits per heavy atom. The predicted molar refractivity (Wildman–Crippen MR) is 47.6 cm³/mol. The fourth-order valence-corrected chi connectivity index (χ4v) is 1.16. The summed E-state index contributed by atoms with van der Waals surface area (Å²) in [7, 11) is 0. The highest BCUT2D eigenvalue weighted by Crippen LogP contribution is 2.05. The highest BCUT2D eigenvalue weighted by atomic mass is 35.5. The smallest absolute Gasteiger partial charge is 0.0663 e. The predicted octanol–water partition coefficient (Wildman–Crippen LogP) is 1.63. The van der Waals surface area contributed by atoms with Crippen LogP contribution in [0.4, 0.5) is 0 Å². The number of hydrogen-bond donors (Lipinski definition) is 1. The molecule has 2 nitrogen and oxygen atoms in total. The summed E-state index contributed by atoms with van der Waals surface area (Å²) in [5.74, 6) is 0. The van der Waals surface area contributed by atoms with Gasteiger partial charge in [0.1, 0.15) is 0 Å². The molecule has 0 amide bonds. The zero-order valence-corrected chi connectivity index (χ0v) is 7.23. The molecule has 1 atom stereocenters. The third-order valence-corrected chi connectivity index (χ3v) is 1.68. The van der Waals surface area contributed by atoms with Gasteiger partial charge in [-0.05, 0) is 19.4 Å². The van der Waals surface area contributed by atoms with Crippen molar-refractivity contribution < 1.29 is 0 Å². The summed E-state index contributed by atoms with van der Waals surface area (Å²) >= 11 is 0. The van der Waals surface area contributed by atoms with Gasteiger partial charge >= 0.3 is 0 Å². The van der Waals surface area contributed by atoms with Crippen molar-refractivity contribution in [2.75, 3.05) is 6.54 Å². The summed E-state index contributed by atoms with van der Waals surface area (Å²) in [6, 6.07) is 2.61. The zero-order valence-electron chi connectivity index (χ0n) is 6.42. The van der Waals surface area contributed by atoms with Gasteiger partial charge in [-0.25, -0.2) is 0 Å². The van der Waals surface area contributed by atoms with Crippen molar-refractivity contribution in [1.29, 1.82) is 5.26 Å². The van der Waals surface area contributed by atoms with E-state index in [2.05, 4.69) is 17.5 Å². The van der Waals surface area contributed by atoms with E-state index in [4.69, 9.17) is 5.26 Å². The molecule has 1 N–H and O–H groups in total. The molecular formula is C8H13ClN2. The van der Waals surface area contributed by atoms with E-state index in [9.17, 15) is 0 Å². The maximum absolute atomic E-state index is 8.22. The summed E-state index contributed by atoms with van der Waals surface area (Å²) in [6.45, 7) is 1.13. The van der Waals surface area contributed by atoms with Crippen LogP contribution in [-0.2, 0) is 0 Å². The topological polar surface area (TPSA) is 35.8 Å². The van der Waals surface area contributed by atoms with Crippen LogP contribution >= 0.6 is 12.4 Å². The van der Waals surface area contributed by atoms with E-state index in [0.29, 0.717) is 12.5 Å². The Bertz CT molecular complexity index is 154. The Hall–Kier alpha value is -0.520. The number of allylic oxidation sites excluding steroid dienone is 1. The molecule has 0 aromatic rings. The van der Waals surface area contributed by atoms with E-state index >= 15 is 0 Å². The average molecular weight is 173 g/mol. The van der Waals surface area contributed by atoms with Crippen LogP contribution in [0.25, 0.3) is 0 Å². The van der Waals surface area contributed by atoms with Crippen molar-refractivity contribution in [1.82, 2.24) is 5.32 Å². The van der Waals surface area contributed by atoms with Crippen molar-refractivity contribution in [3.05, 3.63) is 12.2 Å². The molecule has 62 valence electrons. The molecule has 0 radical (unpaired) electrons. The summed E-state index contributed by atoms with van der Waals surface area (Å²) in [5, 5.41) is 11.5. The molecule has 0 saturated carbocycles. The van der Waals surface area contributed by atoms with Gasteiger partial charge in [0.15, 0.2) is 0 Å². The number of rotatable bonds is 2. The highest BCUT2D eigenvalue weighted by Gasteiger charge is 2.08. The largest absolute Gasteiger partial charge is 0.311 e. The quantitative estimate of drug-likeness (QED) is 0.643. The van der Waals surface area contributed by atoms with Gasteiger partial charge in [0.25, 0.3) is 0 Å². The fourth-order valence-electron chi connectivity index (χ4n) is 1.16. The lowest BCUT2D eigenvalue weighted by Gasteiger charge is -1.99. The lowest BCUT2D eigenvalue weighted by Crippen LogP contribution is -2.17. The molecule has 0 aromatic heterocycles. The van der Waals surface area contributed by atoms with Gasteiger partial charge in [0.2, 0.25) is 0 Å². The second-order valence-electron chi connectivity index (χ2n) is 2.49. The fraction of sp³-hybridized carbons (Fsp3) is 0.625. The second kappa shape index (κ2) is 6.21. The van der Waals surface area contributed by atoms with Crippen LogP contribution in [0.5, 0.6) is 0 Å². The first-order valence-electron chi connectivity index (χ1n) is 3.70. The third kappa shape index (κ3) is 4.02. The third-order valence-electron chi connectivity index (χ3n) is 1.68. The number of hydrogen-bond acceptors (Lipinski definition) is 2. The summed E-state index contributed by atoms with van der Waals surface area (Å²) in [4.78, 5) is 0. The Kier molecular flexibility index (Phi) is 5.91. The Morgan fingerprint density at radius 2 is 2.45 bits per heavy atom. The van der Waals surface area contributed by atoms with Crippen molar-refractivity contribution >= 4 is 12.4 Å². The van der Waals surface area contributed by atoms with Crippen molar-refractivity contribution in [3.63, 3.8) is 0 Å². The van der Waals surface area contributed by atoms with Crippen LogP contribution in [0.1, 0.15) is 19.3 Å². The van der Waals surface area contributed by atoms with Crippen LogP contribution in [0.15, 0.2) is 12.2 Å². The van der Waals surface area contributed by atoms with E-state index in [1.807, 2.05) is 6.08 Å². The van der Waals surface area contributed by atoms with E-state index in [1.54, 1.807) is 0 Å². The van der Waals surface area contributed by atoms with Crippen LogP contribution in [0.3, 0.4) is 0 Å². The van der Waals surface area contributed by atoms with Crippen molar-refractivity contribution in [2.45, 2.75) is 25.3 Å². The van der Waals surface area contributed by atoms with Crippen LogP contribution in [0.2, 0.25) is 0 Å². The number of nitrogens with zero attached hydrogens (tertiary/aromatic N) is 1. The summed E-state index contributed by atoms with van der Waals surface area (Å²) in [6.07, 6.45) is 7.06. The Morgan fingerprint density at radius 3 is 3.00 bits per heavy atom. The van der Waals surface area contributed by atoms with Crippen molar-refractivity contribution in [3.8, 4) is 6.07 Å². The molecule has 3 heteroatoms. The molecule has 1 rings (SSSR count). The average Bonchev–Trinajstić information content (AvgIpc) is 2.41.